The van der Waals surface area contributed by atoms with Crippen LogP contribution in [-0.4, -0.2) is 32.1 Å². The molecule has 3 rings (SSSR count). The molecule has 0 spiro atoms. The smallest absolute Gasteiger partial charge is 0.119 e. The lowest BCUT2D eigenvalue weighted by atomic mass is 9.90. The van der Waals surface area contributed by atoms with Crippen LogP contribution in [0.4, 0.5) is 0 Å². The lowest BCUT2D eigenvalue weighted by Gasteiger charge is -2.15. The van der Waals surface area contributed by atoms with E-state index in [1.54, 1.807) is 0 Å². The standard InChI is InChI=1S/C27H29Cl2NO/c1-20(19-21-5-11-24(28)12-6-21)27(22-7-13-25(29)14-8-22)23-9-15-26(16-10-23)31-18-4-17-30(2)3/h5-16H,4,17-19H2,1-3H3/b27-20+. The summed E-state index contributed by atoms with van der Waals surface area (Å²) in [5.41, 5.74) is 6.04. The van der Waals surface area contributed by atoms with E-state index in [9.17, 15) is 0 Å². The Morgan fingerprint density at radius 3 is 1.84 bits per heavy atom. The van der Waals surface area contributed by atoms with E-state index in [0.29, 0.717) is 6.61 Å². The van der Waals surface area contributed by atoms with Crippen LogP contribution in [0.3, 0.4) is 0 Å². The van der Waals surface area contributed by atoms with Crippen molar-refractivity contribution >= 4 is 28.8 Å². The molecule has 0 aliphatic heterocycles. The number of nitrogens with zero attached hydrogens (tertiary/aromatic N) is 1. The molecule has 0 aromatic heterocycles. The highest BCUT2D eigenvalue weighted by Crippen LogP contribution is 2.31. The second-order valence-electron chi connectivity index (χ2n) is 8.00. The number of ether oxygens (including phenoxy) is 1. The van der Waals surface area contributed by atoms with Gasteiger partial charge in [0.2, 0.25) is 0 Å². The normalized spacial score (nSPS) is 12.1. The van der Waals surface area contributed by atoms with E-state index in [-0.39, 0.29) is 0 Å². The van der Waals surface area contributed by atoms with Crippen LogP contribution in [0.1, 0.15) is 30.0 Å². The molecule has 0 unspecified atom stereocenters. The molecule has 2 nitrogen and oxygen atoms in total. The zero-order valence-electron chi connectivity index (χ0n) is 18.4. The van der Waals surface area contributed by atoms with E-state index in [1.165, 1.54) is 16.7 Å². The van der Waals surface area contributed by atoms with Gasteiger partial charge in [-0.15, -0.1) is 0 Å². The van der Waals surface area contributed by atoms with Gasteiger partial charge in [0.1, 0.15) is 5.75 Å². The highest BCUT2D eigenvalue weighted by molar-refractivity contribution is 6.30. The first-order valence-corrected chi connectivity index (χ1v) is 11.3. The minimum atomic E-state index is 0.715. The minimum absolute atomic E-state index is 0.715. The number of allylic oxidation sites excluding steroid dienone is 1. The second-order valence-corrected chi connectivity index (χ2v) is 8.87. The van der Waals surface area contributed by atoms with Gasteiger partial charge in [0, 0.05) is 16.6 Å². The Hall–Kier alpha value is -2.26. The van der Waals surface area contributed by atoms with Gasteiger partial charge in [0.05, 0.1) is 6.61 Å². The van der Waals surface area contributed by atoms with Gasteiger partial charge in [0.15, 0.2) is 0 Å². The molecule has 0 aliphatic rings. The van der Waals surface area contributed by atoms with Gasteiger partial charge in [-0.1, -0.05) is 65.2 Å². The highest BCUT2D eigenvalue weighted by Gasteiger charge is 2.11. The fourth-order valence-corrected chi connectivity index (χ4v) is 3.81. The van der Waals surface area contributed by atoms with Gasteiger partial charge in [-0.25, -0.2) is 0 Å². The lowest BCUT2D eigenvalue weighted by molar-refractivity contribution is 0.281. The minimum Gasteiger partial charge on any atom is -0.494 e. The number of halogens is 2. The Labute approximate surface area is 196 Å². The van der Waals surface area contributed by atoms with Gasteiger partial charge >= 0.3 is 0 Å². The molecule has 0 saturated carbocycles. The Morgan fingerprint density at radius 2 is 1.29 bits per heavy atom. The third-order valence-corrected chi connectivity index (χ3v) is 5.61. The zero-order valence-corrected chi connectivity index (χ0v) is 19.9. The molecule has 31 heavy (non-hydrogen) atoms. The largest absolute Gasteiger partial charge is 0.494 e. The summed E-state index contributed by atoms with van der Waals surface area (Å²) in [4.78, 5) is 2.17. The summed E-state index contributed by atoms with van der Waals surface area (Å²) in [7, 11) is 4.15. The quantitative estimate of drug-likeness (QED) is 0.313. The van der Waals surface area contributed by atoms with Crippen molar-refractivity contribution in [3.63, 3.8) is 0 Å². The number of hydrogen-bond donors (Lipinski definition) is 0. The van der Waals surface area contributed by atoms with Crippen LogP contribution in [0.5, 0.6) is 5.75 Å². The lowest BCUT2D eigenvalue weighted by Crippen LogP contribution is -2.15. The summed E-state index contributed by atoms with van der Waals surface area (Å²) in [6, 6.07) is 24.4. The van der Waals surface area contributed by atoms with Crippen LogP contribution < -0.4 is 4.74 Å². The third-order valence-electron chi connectivity index (χ3n) is 5.10. The van der Waals surface area contributed by atoms with Gasteiger partial charge in [-0.3, -0.25) is 0 Å². The molecule has 3 aromatic rings. The van der Waals surface area contributed by atoms with E-state index in [1.807, 2.05) is 24.3 Å². The van der Waals surface area contributed by atoms with E-state index in [2.05, 4.69) is 74.4 Å². The zero-order chi connectivity index (χ0) is 22.2. The average molecular weight is 454 g/mol. The second kappa shape index (κ2) is 11.4. The molecular formula is C27H29Cl2NO. The van der Waals surface area contributed by atoms with Gasteiger partial charge in [0.25, 0.3) is 0 Å². The van der Waals surface area contributed by atoms with Crippen molar-refractivity contribution in [1.29, 1.82) is 0 Å². The van der Waals surface area contributed by atoms with Gasteiger partial charge in [-0.05, 0) is 92.5 Å². The molecule has 3 aromatic carbocycles. The van der Waals surface area contributed by atoms with Crippen LogP contribution in [0.25, 0.3) is 5.57 Å². The molecular weight excluding hydrogens is 425 g/mol. The van der Waals surface area contributed by atoms with Crippen molar-refractivity contribution in [2.45, 2.75) is 19.8 Å². The van der Waals surface area contributed by atoms with Crippen LogP contribution >= 0.6 is 23.2 Å². The molecule has 0 saturated heterocycles. The maximum absolute atomic E-state index is 6.14. The molecule has 0 radical (unpaired) electrons. The Kier molecular flexibility index (Phi) is 8.60. The molecule has 0 fully saturated rings. The first-order chi connectivity index (χ1) is 14.9. The first-order valence-electron chi connectivity index (χ1n) is 10.5. The summed E-state index contributed by atoms with van der Waals surface area (Å²) >= 11 is 12.2. The number of hydrogen-bond acceptors (Lipinski definition) is 2. The van der Waals surface area contributed by atoms with Crippen LogP contribution in [0.2, 0.25) is 10.0 Å². The van der Waals surface area contributed by atoms with Gasteiger partial charge in [-0.2, -0.15) is 0 Å². The van der Waals surface area contributed by atoms with Crippen molar-refractivity contribution in [2.24, 2.45) is 0 Å². The molecule has 0 N–H and O–H groups in total. The molecule has 0 amide bonds. The predicted molar refractivity (Wildman–Crippen MR) is 133 cm³/mol. The van der Waals surface area contributed by atoms with E-state index in [0.717, 1.165) is 46.3 Å². The molecule has 0 aliphatic carbocycles. The molecule has 4 heteroatoms. The fourth-order valence-electron chi connectivity index (χ4n) is 3.56. The maximum Gasteiger partial charge on any atom is 0.119 e. The van der Waals surface area contributed by atoms with E-state index >= 15 is 0 Å². The van der Waals surface area contributed by atoms with Crippen molar-refractivity contribution in [2.75, 3.05) is 27.2 Å². The summed E-state index contributed by atoms with van der Waals surface area (Å²) in [6.45, 7) is 3.92. The molecule has 0 atom stereocenters. The Balaban J connectivity index is 1.85. The monoisotopic (exact) mass is 453 g/mol. The third kappa shape index (κ3) is 7.14. The van der Waals surface area contributed by atoms with Crippen molar-refractivity contribution in [3.8, 4) is 5.75 Å². The van der Waals surface area contributed by atoms with Crippen molar-refractivity contribution in [1.82, 2.24) is 4.90 Å². The summed E-state index contributed by atoms with van der Waals surface area (Å²) in [5, 5.41) is 1.49. The molecule has 0 bridgehead atoms. The van der Waals surface area contributed by atoms with Gasteiger partial charge < -0.3 is 9.64 Å². The summed E-state index contributed by atoms with van der Waals surface area (Å²) < 4.78 is 5.91. The average Bonchev–Trinajstić information content (AvgIpc) is 2.75. The van der Waals surface area contributed by atoms with Crippen molar-refractivity contribution in [3.05, 3.63) is 105 Å². The Bertz CT molecular complexity index is 991. The summed E-state index contributed by atoms with van der Waals surface area (Å²) in [5.74, 6) is 0.897. The summed E-state index contributed by atoms with van der Waals surface area (Å²) in [6.07, 6.45) is 1.85. The molecule has 0 heterocycles. The highest BCUT2D eigenvalue weighted by atomic mass is 35.5. The molecule has 162 valence electrons. The van der Waals surface area contributed by atoms with Crippen LogP contribution in [0.15, 0.2) is 78.4 Å². The fraction of sp³-hybridized carbons (Fsp3) is 0.259. The van der Waals surface area contributed by atoms with E-state index in [4.69, 9.17) is 27.9 Å². The predicted octanol–water partition coefficient (Wildman–Crippen LogP) is 7.39. The number of rotatable bonds is 9. The number of benzene rings is 3. The SMILES string of the molecule is C/C(Cc1ccc(Cl)cc1)=C(/c1ccc(Cl)cc1)c1ccc(OCCCN(C)C)cc1. The van der Waals surface area contributed by atoms with Crippen molar-refractivity contribution < 1.29 is 4.74 Å². The van der Waals surface area contributed by atoms with Crippen LogP contribution in [-0.2, 0) is 6.42 Å². The van der Waals surface area contributed by atoms with Crippen LogP contribution in [0, 0.1) is 0 Å². The van der Waals surface area contributed by atoms with E-state index < -0.39 is 0 Å². The topological polar surface area (TPSA) is 12.5 Å². The maximum atomic E-state index is 6.14. The Morgan fingerprint density at radius 1 is 0.774 bits per heavy atom. The first kappa shape index (κ1) is 23.4.